The van der Waals surface area contributed by atoms with Gasteiger partial charge in [0.15, 0.2) is 0 Å². The molecular weight excluding hydrogens is 1090 g/mol. The molecule has 420 valence electrons. The van der Waals surface area contributed by atoms with Gasteiger partial charge in [-0.05, 0) is 163 Å². The Bertz CT molecular complexity index is 6210. The predicted molar refractivity (Wildman–Crippen MR) is 382 cm³/mol. The van der Waals surface area contributed by atoms with Crippen molar-refractivity contribution < 1.29 is 0 Å². The van der Waals surface area contributed by atoms with Crippen LogP contribution in [0.3, 0.4) is 0 Å². The number of benzene rings is 13. The van der Waals surface area contributed by atoms with Gasteiger partial charge in [-0.1, -0.05) is 221 Å². The molecule has 2 aliphatic carbocycles. The summed E-state index contributed by atoms with van der Waals surface area (Å²) in [6.45, 7) is 14.2. The van der Waals surface area contributed by atoms with Gasteiger partial charge in [0.2, 0.25) is 0 Å². The Morgan fingerprint density at radius 3 is 1.49 bits per heavy atom. The third-order valence-corrected chi connectivity index (χ3v) is 22.2. The fraction of sp³-hybridized carbons (Fsp3) is 0.0952. The van der Waals surface area contributed by atoms with Gasteiger partial charge in [-0.15, -0.1) is 0 Å². The van der Waals surface area contributed by atoms with Crippen molar-refractivity contribution in [3.05, 3.63) is 276 Å². The van der Waals surface area contributed by atoms with E-state index in [0.717, 1.165) is 0 Å². The summed E-state index contributed by atoms with van der Waals surface area (Å²) in [6.07, 6.45) is 0. The highest BCUT2D eigenvalue weighted by Crippen LogP contribution is 2.56. The van der Waals surface area contributed by atoms with Gasteiger partial charge in [0, 0.05) is 87.4 Å². The highest BCUT2D eigenvalue weighted by atomic mass is 15.0. The van der Waals surface area contributed by atoms with E-state index in [-0.39, 0.29) is 24.5 Å². The molecule has 6 heteroatoms. The lowest BCUT2D eigenvalue weighted by Crippen LogP contribution is -2.53. The monoisotopic (exact) mass is 1140 g/mol. The average molecular weight is 1150 g/mol. The van der Waals surface area contributed by atoms with E-state index >= 15 is 0 Å². The maximum Gasteiger partial charge on any atom is 0.332 e. The van der Waals surface area contributed by atoms with Crippen molar-refractivity contribution in [3.63, 3.8) is 0 Å². The molecule has 0 atom stereocenters. The van der Waals surface area contributed by atoms with Crippen molar-refractivity contribution in [2.45, 2.75) is 52.4 Å². The molecule has 0 amide bonds. The van der Waals surface area contributed by atoms with Gasteiger partial charge >= 0.3 is 13.7 Å². The maximum absolute atomic E-state index is 2.76. The molecule has 0 saturated heterocycles. The van der Waals surface area contributed by atoms with Crippen molar-refractivity contribution >= 4 is 134 Å². The van der Waals surface area contributed by atoms with E-state index in [1.807, 2.05) is 0 Å². The van der Waals surface area contributed by atoms with E-state index in [4.69, 9.17) is 0 Å². The molecule has 4 aromatic heterocycles. The van der Waals surface area contributed by atoms with Crippen LogP contribution in [0.15, 0.2) is 243 Å². The number of nitrogens with zero attached hydrogens (tertiary/aromatic N) is 4. The van der Waals surface area contributed by atoms with Crippen molar-refractivity contribution in [2.24, 2.45) is 0 Å². The zero-order chi connectivity index (χ0) is 59.5. The summed E-state index contributed by atoms with van der Waals surface area (Å²) in [5, 5.41) is 13.0. The number of hydrogen-bond acceptors (Lipinski definition) is 0. The molecule has 4 nitrogen and oxygen atoms in total. The second-order valence-electron chi connectivity index (χ2n) is 27.6. The van der Waals surface area contributed by atoms with Crippen LogP contribution in [0, 0.1) is 13.8 Å². The number of para-hydroxylation sites is 5. The van der Waals surface area contributed by atoms with E-state index in [9.17, 15) is 0 Å². The predicted octanol–water partition coefficient (Wildman–Crippen LogP) is 18.1. The van der Waals surface area contributed by atoms with Crippen LogP contribution in [-0.2, 0) is 10.8 Å². The molecule has 13 aromatic carbocycles. The first kappa shape index (κ1) is 49.4. The van der Waals surface area contributed by atoms with Crippen molar-refractivity contribution in [2.75, 3.05) is 0 Å². The largest absolute Gasteiger partial charge is 0.376 e. The molecule has 17 aromatic rings. The summed E-state index contributed by atoms with van der Waals surface area (Å²) in [7, 11) is 0. The smallest absolute Gasteiger partial charge is 0.332 e. The minimum absolute atomic E-state index is 0.0679. The summed E-state index contributed by atoms with van der Waals surface area (Å²) in [5.74, 6) is 0. The first-order chi connectivity index (χ1) is 44.0. The average Bonchev–Trinajstić information content (AvgIpc) is 1.51. The molecule has 4 aliphatic rings. The molecule has 6 heterocycles. The minimum Gasteiger partial charge on any atom is -0.376 e. The number of rotatable bonds is 3. The Balaban J connectivity index is 0.778. The van der Waals surface area contributed by atoms with Gasteiger partial charge in [0.1, 0.15) is 0 Å². The van der Waals surface area contributed by atoms with Crippen LogP contribution in [0.25, 0.3) is 143 Å². The molecule has 0 saturated carbocycles. The van der Waals surface area contributed by atoms with Crippen LogP contribution >= 0.6 is 0 Å². The van der Waals surface area contributed by atoms with Gasteiger partial charge in [0.05, 0.1) is 22.1 Å². The van der Waals surface area contributed by atoms with E-state index in [1.165, 1.54) is 198 Å². The molecule has 21 rings (SSSR count). The second kappa shape index (κ2) is 16.8. The van der Waals surface area contributed by atoms with E-state index in [0.29, 0.717) is 0 Å². The molecule has 0 fully saturated rings. The Morgan fingerprint density at radius 2 is 0.800 bits per heavy atom. The topological polar surface area (TPSA) is 19.7 Å². The van der Waals surface area contributed by atoms with Gasteiger partial charge in [-0.25, -0.2) is 0 Å². The molecule has 0 N–H and O–H groups in total. The summed E-state index contributed by atoms with van der Waals surface area (Å²) < 4.78 is 10.7. The zero-order valence-corrected chi connectivity index (χ0v) is 51.0. The number of aryl methyl sites for hydroxylation is 2. The normalized spacial score (nSPS) is 14.7. The summed E-state index contributed by atoms with van der Waals surface area (Å²) >= 11 is 0. The van der Waals surface area contributed by atoms with E-state index in [1.54, 1.807) is 0 Å². The van der Waals surface area contributed by atoms with Gasteiger partial charge in [-0.2, -0.15) is 0 Å². The summed E-state index contributed by atoms with van der Waals surface area (Å²) in [4.78, 5) is 0. The molecule has 90 heavy (non-hydrogen) atoms. The summed E-state index contributed by atoms with van der Waals surface area (Å²) in [6, 6.07) is 93.9. The van der Waals surface area contributed by atoms with E-state index < -0.39 is 0 Å². The van der Waals surface area contributed by atoms with Crippen LogP contribution in [0.5, 0.6) is 0 Å². The minimum atomic E-state index is -0.344. The van der Waals surface area contributed by atoms with Gasteiger partial charge < -0.3 is 18.1 Å². The first-order valence-corrected chi connectivity index (χ1v) is 32.1. The summed E-state index contributed by atoms with van der Waals surface area (Å²) in [5.41, 5.74) is 33.4. The van der Waals surface area contributed by atoms with Crippen molar-refractivity contribution in [1.29, 1.82) is 0 Å². The number of fused-ring (bicyclic) bond motifs is 26. The first-order valence-electron chi connectivity index (χ1n) is 32.1. The molecule has 2 aliphatic heterocycles. The van der Waals surface area contributed by atoms with Gasteiger partial charge in [-0.3, -0.25) is 0 Å². The van der Waals surface area contributed by atoms with Crippen molar-refractivity contribution in [1.82, 2.24) is 18.1 Å². The quantitative estimate of drug-likeness (QED) is 0.157. The standard InChI is InChI=1S/C84H58B2N4/c1-47-31-40-71-62(41-47)63-42-48(2)43-68-79(63)87(71)74-29-17-12-24-66(74)85(68)89-72-27-15-8-21-56(72)60-39-37-58-54-35-33-50(45-65(54)84(5,6)78(58)81(60)89)49-32-34-52-51(44-49)46-69-82-76(52)61-22-10-14-26-70(61)88(82)75-30-18-13-25-67(75)86(69)90-73-28-16-9-20-55(73)59-38-36-57-53-19-7-11-23-64(53)83(3,4)77(57)80(59)90/h7-46H,1-6H3. The second-order valence-corrected chi connectivity index (χ2v) is 27.6. The van der Waals surface area contributed by atoms with E-state index in [2.05, 4.69) is 302 Å². The molecule has 0 unspecified atom stereocenters. The van der Waals surface area contributed by atoms with Crippen LogP contribution in [0.1, 0.15) is 61.1 Å². The zero-order valence-electron chi connectivity index (χ0n) is 51.0. The molecular formula is C84H58B2N4. The Morgan fingerprint density at radius 1 is 0.300 bits per heavy atom. The number of aromatic nitrogens is 4. The lowest BCUT2D eigenvalue weighted by atomic mass is 9.48. The number of hydrogen-bond donors (Lipinski definition) is 0. The fourth-order valence-electron chi connectivity index (χ4n) is 18.6. The SMILES string of the molecule is Cc1ccc2c(c1)c1cc(C)cc3c1n2-c1ccccc1B3n1c2ccccc2c2ccc3c(c21)C(C)(C)c1cc(-c2ccc4c(c2)cc2c5c4c4ccccc4n5-c4ccccc4B2n2c4ccccc4c4ccc5c(c42)C(C)(C)c2ccccc2-5)ccc1-3. The van der Waals surface area contributed by atoms with Crippen molar-refractivity contribution in [3.8, 4) is 44.8 Å². The molecule has 0 spiro atoms. The van der Waals surface area contributed by atoms with Crippen LogP contribution in [0.4, 0.5) is 0 Å². The fourth-order valence-corrected chi connectivity index (χ4v) is 18.6. The Kier molecular flexibility index (Phi) is 9.22. The molecule has 0 bridgehead atoms. The lowest BCUT2D eigenvalue weighted by molar-refractivity contribution is 0.664. The Hall–Kier alpha value is -10.6. The Labute approximate surface area is 521 Å². The lowest BCUT2D eigenvalue weighted by Gasteiger charge is -2.30. The maximum atomic E-state index is 2.76. The molecule has 0 radical (unpaired) electrons. The van der Waals surface area contributed by atoms with Gasteiger partial charge in [0.25, 0.3) is 0 Å². The van der Waals surface area contributed by atoms with Crippen LogP contribution < -0.4 is 21.9 Å². The van der Waals surface area contributed by atoms with Crippen LogP contribution in [-0.4, -0.2) is 31.8 Å². The third-order valence-electron chi connectivity index (χ3n) is 22.2. The third kappa shape index (κ3) is 5.92. The highest BCUT2D eigenvalue weighted by Gasteiger charge is 2.45. The highest BCUT2D eigenvalue weighted by molar-refractivity contribution is 6.89. The van der Waals surface area contributed by atoms with Crippen LogP contribution in [0.2, 0.25) is 0 Å².